The predicted molar refractivity (Wildman–Crippen MR) is 69.7 cm³/mol. The molecule has 0 radical (unpaired) electrons. The summed E-state index contributed by atoms with van der Waals surface area (Å²) in [7, 11) is 0. The van der Waals surface area contributed by atoms with Crippen LogP contribution in [0.3, 0.4) is 0 Å². The molecule has 1 aromatic heterocycles. The van der Waals surface area contributed by atoms with Gasteiger partial charge >= 0.3 is 0 Å². The third-order valence-corrected chi connectivity index (χ3v) is 3.00. The molecule has 0 saturated carbocycles. The van der Waals surface area contributed by atoms with Gasteiger partial charge < -0.3 is 9.88 Å². The molecule has 0 bridgehead atoms. The maximum atomic E-state index is 13.3. The molecule has 0 saturated heterocycles. The number of aromatic nitrogens is 1. The summed E-state index contributed by atoms with van der Waals surface area (Å²) in [6.07, 6.45) is 2.12. The van der Waals surface area contributed by atoms with Crippen molar-refractivity contribution in [1.29, 1.82) is 0 Å². The van der Waals surface area contributed by atoms with Gasteiger partial charge in [0.25, 0.3) is 0 Å². The molecule has 1 heterocycles. The normalized spacial score (nSPS) is 11.6. The molecule has 0 aliphatic carbocycles. The molecule has 1 N–H and O–H groups in total. The Morgan fingerprint density at radius 3 is 2.76 bits per heavy atom. The molecule has 0 unspecified atom stereocenters. The van der Waals surface area contributed by atoms with Crippen molar-refractivity contribution in [2.75, 3.05) is 6.54 Å². The highest BCUT2D eigenvalue weighted by atomic mass is 19.1. The van der Waals surface area contributed by atoms with E-state index < -0.39 is 0 Å². The van der Waals surface area contributed by atoms with Crippen LogP contribution in [0, 0.1) is 5.82 Å². The first-order valence-electron chi connectivity index (χ1n) is 6.13. The Balaban J connectivity index is 2.54. The molecule has 2 aromatic rings. The average Bonchev–Trinajstić information content (AvgIpc) is 2.64. The number of hydrogen-bond acceptors (Lipinski definition) is 1. The fraction of sp³-hybridized carbons (Fsp3) is 0.429. The second-order valence-electron chi connectivity index (χ2n) is 4.60. The molecule has 0 aliphatic heterocycles. The van der Waals surface area contributed by atoms with Crippen LogP contribution >= 0.6 is 0 Å². The van der Waals surface area contributed by atoms with Gasteiger partial charge in [-0.15, -0.1) is 0 Å². The van der Waals surface area contributed by atoms with Crippen LogP contribution in [-0.4, -0.2) is 11.1 Å². The summed E-state index contributed by atoms with van der Waals surface area (Å²) >= 11 is 0. The van der Waals surface area contributed by atoms with E-state index in [1.165, 1.54) is 11.6 Å². The van der Waals surface area contributed by atoms with Crippen molar-refractivity contribution in [3.8, 4) is 0 Å². The number of nitrogens with zero attached hydrogens (tertiary/aromatic N) is 1. The standard InChI is InChI=1S/C14H19FN2/c1-4-16-8-11-9-17(10(2)3)14-7-12(15)5-6-13(11)14/h5-7,9-10,16H,4,8H2,1-3H3. The van der Waals surface area contributed by atoms with Crippen molar-refractivity contribution in [2.24, 2.45) is 0 Å². The Hall–Kier alpha value is -1.35. The third-order valence-electron chi connectivity index (χ3n) is 3.00. The van der Waals surface area contributed by atoms with Gasteiger partial charge in [-0.2, -0.15) is 0 Å². The van der Waals surface area contributed by atoms with Gasteiger partial charge in [0.1, 0.15) is 5.82 Å². The summed E-state index contributed by atoms with van der Waals surface area (Å²) in [5, 5.41) is 4.46. The topological polar surface area (TPSA) is 17.0 Å². The highest BCUT2D eigenvalue weighted by Crippen LogP contribution is 2.25. The zero-order valence-corrected chi connectivity index (χ0v) is 10.6. The number of rotatable bonds is 4. The van der Waals surface area contributed by atoms with Crippen LogP contribution in [0.1, 0.15) is 32.4 Å². The van der Waals surface area contributed by atoms with Crippen LogP contribution in [0.25, 0.3) is 10.9 Å². The smallest absolute Gasteiger partial charge is 0.125 e. The maximum Gasteiger partial charge on any atom is 0.125 e. The molecule has 2 nitrogen and oxygen atoms in total. The number of halogens is 1. The van der Waals surface area contributed by atoms with Gasteiger partial charge in [0.15, 0.2) is 0 Å². The van der Waals surface area contributed by atoms with Gasteiger partial charge in [0, 0.05) is 24.2 Å². The minimum Gasteiger partial charge on any atom is -0.345 e. The molecule has 0 atom stereocenters. The summed E-state index contributed by atoms with van der Waals surface area (Å²) in [5.41, 5.74) is 2.21. The average molecular weight is 234 g/mol. The molecule has 0 spiro atoms. The van der Waals surface area contributed by atoms with E-state index in [1.54, 1.807) is 6.07 Å². The van der Waals surface area contributed by atoms with Gasteiger partial charge in [-0.3, -0.25) is 0 Å². The van der Waals surface area contributed by atoms with Gasteiger partial charge in [-0.05, 0) is 44.2 Å². The van der Waals surface area contributed by atoms with Crippen LogP contribution in [0.5, 0.6) is 0 Å². The van der Waals surface area contributed by atoms with Crippen LogP contribution < -0.4 is 5.32 Å². The van der Waals surface area contributed by atoms with Crippen molar-refractivity contribution in [1.82, 2.24) is 9.88 Å². The van der Waals surface area contributed by atoms with Crippen molar-refractivity contribution in [2.45, 2.75) is 33.4 Å². The highest BCUT2D eigenvalue weighted by molar-refractivity contribution is 5.84. The fourth-order valence-electron chi connectivity index (χ4n) is 2.12. The van der Waals surface area contributed by atoms with E-state index in [4.69, 9.17) is 0 Å². The maximum absolute atomic E-state index is 13.3. The lowest BCUT2D eigenvalue weighted by Gasteiger charge is -2.08. The SMILES string of the molecule is CCNCc1cn(C(C)C)c2cc(F)ccc12. The van der Waals surface area contributed by atoms with E-state index in [-0.39, 0.29) is 5.82 Å². The van der Waals surface area contributed by atoms with Crippen molar-refractivity contribution < 1.29 is 4.39 Å². The number of fused-ring (bicyclic) bond motifs is 1. The van der Waals surface area contributed by atoms with E-state index in [2.05, 4.69) is 36.9 Å². The minimum absolute atomic E-state index is 0.174. The van der Waals surface area contributed by atoms with Gasteiger partial charge in [-0.25, -0.2) is 4.39 Å². The highest BCUT2D eigenvalue weighted by Gasteiger charge is 2.10. The quantitative estimate of drug-likeness (QED) is 0.857. The second kappa shape index (κ2) is 4.88. The molecule has 2 rings (SSSR count). The molecule has 17 heavy (non-hydrogen) atoms. The van der Waals surface area contributed by atoms with Crippen molar-refractivity contribution in [3.63, 3.8) is 0 Å². The molecule has 92 valence electrons. The first-order valence-corrected chi connectivity index (χ1v) is 6.13. The van der Waals surface area contributed by atoms with E-state index in [0.717, 1.165) is 24.0 Å². The Labute approximate surface area is 101 Å². The molecular weight excluding hydrogens is 215 g/mol. The Morgan fingerprint density at radius 2 is 2.12 bits per heavy atom. The predicted octanol–water partition coefficient (Wildman–Crippen LogP) is 3.47. The Kier molecular flexibility index (Phi) is 3.48. The lowest BCUT2D eigenvalue weighted by atomic mass is 10.1. The van der Waals surface area contributed by atoms with E-state index >= 15 is 0 Å². The number of nitrogens with one attached hydrogen (secondary N) is 1. The Bertz CT molecular complexity index is 514. The zero-order valence-electron chi connectivity index (χ0n) is 10.6. The summed E-state index contributed by atoms with van der Waals surface area (Å²) < 4.78 is 15.4. The van der Waals surface area contributed by atoms with Gasteiger partial charge in [0.2, 0.25) is 0 Å². The monoisotopic (exact) mass is 234 g/mol. The molecular formula is C14H19FN2. The molecule has 1 aromatic carbocycles. The first kappa shape index (κ1) is 12.1. The zero-order chi connectivity index (χ0) is 12.4. The minimum atomic E-state index is -0.174. The molecule has 3 heteroatoms. The van der Waals surface area contributed by atoms with Crippen LogP contribution in [0.4, 0.5) is 4.39 Å². The Morgan fingerprint density at radius 1 is 1.35 bits per heavy atom. The largest absolute Gasteiger partial charge is 0.345 e. The summed E-state index contributed by atoms with van der Waals surface area (Å²) in [4.78, 5) is 0. The lowest BCUT2D eigenvalue weighted by Crippen LogP contribution is -2.11. The van der Waals surface area contributed by atoms with Crippen LogP contribution in [0.2, 0.25) is 0 Å². The summed E-state index contributed by atoms with van der Waals surface area (Å²) in [5.74, 6) is -0.174. The van der Waals surface area contributed by atoms with Crippen LogP contribution in [-0.2, 0) is 6.54 Å². The van der Waals surface area contributed by atoms with Crippen molar-refractivity contribution >= 4 is 10.9 Å². The van der Waals surface area contributed by atoms with E-state index in [1.807, 2.05) is 6.07 Å². The first-order chi connectivity index (χ1) is 8.13. The van der Waals surface area contributed by atoms with E-state index in [9.17, 15) is 4.39 Å². The second-order valence-corrected chi connectivity index (χ2v) is 4.60. The lowest BCUT2D eigenvalue weighted by molar-refractivity contribution is 0.609. The fourth-order valence-corrected chi connectivity index (χ4v) is 2.12. The van der Waals surface area contributed by atoms with Gasteiger partial charge in [0.05, 0.1) is 5.52 Å². The number of benzene rings is 1. The molecule has 0 fully saturated rings. The van der Waals surface area contributed by atoms with Crippen LogP contribution in [0.15, 0.2) is 24.4 Å². The van der Waals surface area contributed by atoms with Gasteiger partial charge in [-0.1, -0.05) is 6.92 Å². The van der Waals surface area contributed by atoms with Crippen molar-refractivity contribution in [3.05, 3.63) is 35.8 Å². The summed E-state index contributed by atoms with van der Waals surface area (Å²) in [6.45, 7) is 8.08. The number of hydrogen-bond donors (Lipinski definition) is 1. The third kappa shape index (κ3) is 2.34. The summed E-state index contributed by atoms with van der Waals surface area (Å²) in [6, 6.07) is 5.36. The molecule has 0 aliphatic rings. The molecule has 0 amide bonds. The van der Waals surface area contributed by atoms with E-state index in [0.29, 0.717) is 6.04 Å².